The van der Waals surface area contributed by atoms with E-state index in [1.165, 1.54) is 0 Å². The molecule has 0 amide bonds. The maximum absolute atomic E-state index is 6.20. The van der Waals surface area contributed by atoms with Gasteiger partial charge in [-0.1, -0.05) is 29.8 Å². The van der Waals surface area contributed by atoms with Gasteiger partial charge in [0.15, 0.2) is 0 Å². The summed E-state index contributed by atoms with van der Waals surface area (Å²) in [6, 6.07) is 13.7. The van der Waals surface area contributed by atoms with E-state index in [4.69, 9.17) is 11.6 Å². The van der Waals surface area contributed by atoms with Crippen LogP contribution >= 0.6 is 27.5 Å². The first kappa shape index (κ1) is 10.8. The SMILES string of the molecule is Clc1ccccc1-c1nc(Br)c2ccccn12. The Labute approximate surface area is 112 Å². The molecule has 0 unspecified atom stereocenters. The average molecular weight is 308 g/mol. The molecule has 0 aliphatic rings. The normalized spacial score (nSPS) is 10.9. The van der Waals surface area contributed by atoms with Crippen molar-refractivity contribution < 1.29 is 0 Å². The summed E-state index contributed by atoms with van der Waals surface area (Å²) >= 11 is 9.66. The van der Waals surface area contributed by atoms with Crippen LogP contribution in [-0.2, 0) is 0 Å². The Morgan fingerprint density at radius 2 is 1.82 bits per heavy atom. The van der Waals surface area contributed by atoms with Crippen LogP contribution in [0.2, 0.25) is 5.02 Å². The van der Waals surface area contributed by atoms with Crippen LogP contribution in [0.4, 0.5) is 0 Å². The van der Waals surface area contributed by atoms with Gasteiger partial charge in [-0.25, -0.2) is 4.98 Å². The quantitative estimate of drug-likeness (QED) is 0.650. The van der Waals surface area contributed by atoms with Gasteiger partial charge in [0.1, 0.15) is 10.4 Å². The van der Waals surface area contributed by atoms with Gasteiger partial charge in [0.2, 0.25) is 0 Å². The summed E-state index contributed by atoms with van der Waals surface area (Å²) in [6.07, 6.45) is 1.98. The summed E-state index contributed by atoms with van der Waals surface area (Å²) in [5, 5.41) is 0.704. The highest BCUT2D eigenvalue weighted by Gasteiger charge is 2.12. The van der Waals surface area contributed by atoms with Crippen molar-refractivity contribution in [3.63, 3.8) is 0 Å². The van der Waals surface area contributed by atoms with Crippen molar-refractivity contribution in [1.29, 1.82) is 0 Å². The van der Waals surface area contributed by atoms with Gasteiger partial charge in [-0.2, -0.15) is 0 Å². The Kier molecular flexibility index (Phi) is 2.65. The Hall–Kier alpha value is -1.32. The topological polar surface area (TPSA) is 17.3 Å². The number of rotatable bonds is 1. The third-order valence-electron chi connectivity index (χ3n) is 2.62. The minimum absolute atomic E-state index is 0.704. The van der Waals surface area contributed by atoms with Gasteiger partial charge in [0.05, 0.1) is 10.5 Å². The van der Waals surface area contributed by atoms with Crippen molar-refractivity contribution in [2.75, 3.05) is 0 Å². The van der Waals surface area contributed by atoms with Crippen molar-refractivity contribution in [3.05, 3.63) is 58.3 Å². The summed E-state index contributed by atoms with van der Waals surface area (Å²) in [4.78, 5) is 4.52. The number of pyridine rings is 1. The van der Waals surface area contributed by atoms with E-state index in [1.54, 1.807) is 0 Å². The molecule has 2 nitrogen and oxygen atoms in total. The highest BCUT2D eigenvalue weighted by molar-refractivity contribution is 9.10. The lowest BCUT2D eigenvalue weighted by atomic mass is 10.2. The molecule has 0 saturated carbocycles. The molecule has 4 heteroatoms. The molecule has 84 valence electrons. The Bertz CT molecular complexity index is 691. The third kappa shape index (κ3) is 1.75. The molecule has 0 fully saturated rings. The predicted molar refractivity (Wildman–Crippen MR) is 73.3 cm³/mol. The van der Waals surface area contributed by atoms with Crippen LogP contribution in [-0.4, -0.2) is 9.38 Å². The fourth-order valence-corrected chi connectivity index (χ4v) is 2.54. The first-order valence-electron chi connectivity index (χ1n) is 5.15. The minimum Gasteiger partial charge on any atom is -0.299 e. The predicted octanol–water partition coefficient (Wildman–Crippen LogP) is 4.42. The van der Waals surface area contributed by atoms with Crippen molar-refractivity contribution >= 4 is 33.0 Å². The monoisotopic (exact) mass is 306 g/mol. The summed E-state index contributed by atoms with van der Waals surface area (Å²) in [5.41, 5.74) is 1.96. The minimum atomic E-state index is 0.704. The highest BCUT2D eigenvalue weighted by atomic mass is 79.9. The second-order valence-corrected chi connectivity index (χ2v) is 4.82. The van der Waals surface area contributed by atoms with Gasteiger partial charge in [0.25, 0.3) is 0 Å². The standard InChI is InChI=1S/C13H8BrClN2/c14-12-11-7-3-4-8-17(11)13(16-12)9-5-1-2-6-10(9)15/h1-8H. The van der Waals surface area contributed by atoms with Crippen molar-refractivity contribution in [3.8, 4) is 11.4 Å². The largest absolute Gasteiger partial charge is 0.299 e. The average Bonchev–Trinajstić information content (AvgIpc) is 2.68. The maximum Gasteiger partial charge on any atom is 0.147 e. The number of imidazole rings is 1. The fraction of sp³-hybridized carbons (Fsp3) is 0. The summed E-state index contributed by atoms with van der Waals surface area (Å²) < 4.78 is 2.85. The van der Waals surface area contributed by atoms with Gasteiger partial charge in [0, 0.05) is 11.8 Å². The first-order chi connectivity index (χ1) is 8.27. The molecule has 3 rings (SSSR count). The molecule has 0 radical (unpaired) electrons. The van der Waals surface area contributed by atoms with Gasteiger partial charge < -0.3 is 0 Å². The van der Waals surface area contributed by atoms with Crippen LogP contribution in [0.1, 0.15) is 0 Å². The van der Waals surface area contributed by atoms with E-state index in [0.717, 1.165) is 21.5 Å². The molecule has 0 spiro atoms. The lowest BCUT2D eigenvalue weighted by molar-refractivity contribution is 1.16. The Morgan fingerprint density at radius 1 is 1.06 bits per heavy atom. The molecular weight excluding hydrogens is 300 g/mol. The molecule has 17 heavy (non-hydrogen) atoms. The van der Waals surface area contributed by atoms with E-state index in [1.807, 2.05) is 53.1 Å². The number of aromatic nitrogens is 2. The molecule has 2 aromatic heterocycles. The lowest BCUT2D eigenvalue weighted by Crippen LogP contribution is -1.88. The second kappa shape index (κ2) is 4.17. The van der Waals surface area contributed by atoms with Crippen molar-refractivity contribution in [1.82, 2.24) is 9.38 Å². The van der Waals surface area contributed by atoms with Crippen LogP contribution in [0.15, 0.2) is 53.3 Å². The summed E-state index contributed by atoms with van der Waals surface area (Å²) in [5.74, 6) is 0.845. The smallest absolute Gasteiger partial charge is 0.147 e. The zero-order valence-corrected chi connectivity index (χ0v) is 11.1. The van der Waals surface area contributed by atoms with E-state index in [0.29, 0.717) is 5.02 Å². The van der Waals surface area contributed by atoms with Gasteiger partial charge in [-0.3, -0.25) is 4.40 Å². The number of hydrogen-bond donors (Lipinski definition) is 0. The fourth-order valence-electron chi connectivity index (χ4n) is 1.83. The zero-order chi connectivity index (χ0) is 11.8. The lowest BCUT2D eigenvalue weighted by Gasteiger charge is -2.02. The Morgan fingerprint density at radius 3 is 2.65 bits per heavy atom. The molecular formula is C13H8BrClN2. The van der Waals surface area contributed by atoms with E-state index >= 15 is 0 Å². The van der Waals surface area contributed by atoms with Gasteiger partial charge >= 0.3 is 0 Å². The summed E-state index contributed by atoms with van der Waals surface area (Å²) in [6.45, 7) is 0. The van der Waals surface area contributed by atoms with Gasteiger partial charge in [-0.15, -0.1) is 0 Å². The number of hydrogen-bond acceptors (Lipinski definition) is 1. The van der Waals surface area contributed by atoms with Crippen molar-refractivity contribution in [2.24, 2.45) is 0 Å². The van der Waals surface area contributed by atoms with E-state index in [2.05, 4.69) is 20.9 Å². The van der Waals surface area contributed by atoms with Crippen LogP contribution in [0, 0.1) is 0 Å². The Balaban J connectivity index is 2.35. The molecule has 0 atom stereocenters. The third-order valence-corrected chi connectivity index (χ3v) is 3.53. The maximum atomic E-state index is 6.20. The van der Waals surface area contributed by atoms with Crippen LogP contribution in [0.3, 0.4) is 0 Å². The molecule has 0 bridgehead atoms. The van der Waals surface area contributed by atoms with Crippen LogP contribution in [0.25, 0.3) is 16.9 Å². The molecule has 1 aromatic carbocycles. The number of fused-ring (bicyclic) bond motifs is 1. The van der Waals surface area contributed by atoms with E-state index < -0.39 is 0 Å². The molecule has 0 aliphatic carbocycles. The number of nitrogens with zero attached hydrogens (tertiary/aromatic N) is 2. The summed E-state index contributed by atoms with van der Waals surface area (Å²) in [7, 11) is 0. The molecule has 2 heterocycles. The van der Waals surface area contributed by atoms with Gasteiger partial charge in [-0.05, 0) is 40.2 Å². The number of halogens is 2. The molecule has 3 aromatic rings. The van der Waals surface area contributed by atoms with E-state index in [-0.39, 0.29) is 0 Å². The highest BCUT2D eigenvalue weighted by Crippen LogP contribution is 2.30. The van der Waals surface area contributed by atoms with E-state index in [9.17, 15) is 0 Å². The molecule has 0 saturated heterocycles. The first-order valence-corrected chi connectivity index (χ1v) is 6.32. The molecule has 0 N–H and O–H groups in total. The number of benzene rings is 1. The van der Waals surface area contributed by atoms with Crippen LogP contribution < -0.4 is 0 Å². The van der Waals surface area contributed by atoms with Crippen LogP contribution in [0.5, 0.6) is 0 Å². The second-order valence-electron chi connectivity index (χ2n) is 3.66. The van der Waals surface area contributed by atoms with Crippen molar-refractivity contribution in [2.45, 2.75) is 0 Å². The molecule has 0 aliphatic heterocycles. The zero-order valence-electron chi connectivity index (χ0n) is 8.77.